The van der Waals surface area contributed by atoms with Crippen molar-refractivity contribution in [3.8, 4) is 0 Å². The van der Waals surface area contributed by atoms with Gasteiger partial charge in [0.15, 0.2) is 0 Å². The molecular weight excluding hydrogens is 312 g/mol. The van der Waals surface area contributed by atoms with Crippen molar-refractivity contribution < 1.29 is 9.53 Å². The van der Waals surface area contributed by atoms with E-state index in [4.69, 9.17) is 4.74 Å². The fourth-order valence-corrected chi connectivity index (χ4v) is 3.49. The topological polar surface area (TPSA) is 32.8 Å². The van der Waals surface area contributed by atoms with Crippen LogP contribution in [0, 0.1) is 5.92 Å². The van der Waals surface area contributed by atoms with E-state index in [2.05, 4.69) is 49.9 Å². The van der Waals surface area contributed by atoms with Crippen molar-refractivity contribution in [2.45, 2.75) is 52.5 Å². The van der Waals surface area contributed by atoms with Gasteiger partial charge in [0.05, 0.1) is 0 Å². The van der Waals surface area contributed by atoms with E-state index in [1.807, 2.05) is 4.90 Å². The van der Waals surface area contributed by atoms with E-state index in [1.165, 1.54) is 18.5 Å². The third kappa shape index (κ3) is 5.82. The van der Waals surface area contributed by atoms with Crippen LogP contribution >= 0.6 is 0 Å². The van der Waals surface area contributed by atoms with Crippen molar-refractivity contribution in [2.75, 3.05) is 38.3 Å². The Kier molecular flexibility index (Phi) is 7.91. The summed E-state index contributed by atoms with van der Waals surface area (Å²) in [7, 11) is 1.59. The standard InChI is InChI=1S/C21H34N2O2/c1-5-18-6-8-19(9-7-18)23(21(24)16-25-4)20-11-14-22(15-12-20)13-10-17(2)3/h6-9,17,20H,5,10-16H2,1-4H3. The zero-order valence-corrected chi connectivity index (χ0v) is 16.3. The van der Waals surface area contributed by atoms with Crippen LogP contribution in [-0.4, -0.2) is 50.2 Å². The minimum Gasteiger partial charge on any atom is -0.375 e. The molecule has 140 valence electrons. The quantitative estimate of drug-likeness (QED) is 0.719. The van der Waals surface area contributed by atoms with Crippen molar-refractivity contribution in [2.24, 2.45) is 5.92 Å². The summed E-state index contributed by atoms with van der Waals surface area (Å²) >= 11 is 0. The van der Waals surface area contributed by atoms with Gasteiger partial charge in [0.25, 0.3) is 5.91 Å². The number of carbonyl (C=O) groups excluding carboxylic acids is 1. The minimum absolute atomic E-state index is 0.0624. The lowest BCUT2D eigenvalue weighted by Crippen LogP contribution is -2.49. The third-order valence-corrected chi connectivity index (χ3v) is 5.10. The Balaban J connectivity index is 2.05. The summed E-state index contributed by atoms with van der Waals surface area (Å²) in [5.41, 5.74) is 2.30. The summed E-state index contributed by atoms with van der Waals surface area (Å²) in [6.07, 6.45) is 4.32. The van der Waals surface area contributed by atoms with Gasteiger partial charge in [0, 0.05) is 31.9 Å². The first kappa shape index (κ1) is 19.9. The molecule has 1 amide bonds. The summed E-state index contributed by atoms with van der Waals surface area (Å²) in [4.78, 5) is 17.2. The van der Waals surface area contributed by atoms with Crippen molar-refractivity contribution in [3.05, 3.63) is 29.8 Å². The highest BCUT2D eigenvalue weighted by molar-refractivity contribution is 5.94. The molecule has 4 nitrogen and oxygen atoms in total. The average Bonchev–Trinajstić information content (AvgIpc) is 2.62. The van der Waals surface area contributed by atoms with Gasteiger partial charge in [-0.3, -0.25) is 4.79 Å². The van der Waals surface area contributed by atoms with Crippen LogP contribution in [0.4, 0.5) is 5.69 Å². The summed E-state index contributed by atoms with van der Waals surface area (Å²) in [6.45, 7) is 10.2. The zero-order valence-electron chi connectivity index (χ0n) is 16.3. The van der Waals surface area contributed by atoms with Crippen molar-refractivity contribution >= 4 is 11.6 Å². The largest absolute Gasteiger partial charge is 0.375 e. The summed E-state index contributed by atoms with van der Waals surface area (Å²) in [5.74, 6) is 0.807. The first-order valence-corrected chi connectivity index (χ1v) is 9.67. The molecule has 0 unspecified atom stereocenters. The molecule has 1 aromatic carbocycles. The number of hydrogen-bond donors (Lipinski definition) is 0. The SMILES string of the molecule is CCc1ccc(N(C(=O)COC)C2CCN(CCC(C)C)CC2)cc1. The number of benzene rings is 1. The Hall–Kier alpha value is -1.39. The number of likely N-dealkylation sites (tertiary alicyclic amines) is 1. The lowest BCUT2D eigenvalue weighted by Gasteiger charge is -2.38. The summed E-state index contributed by atoms with van der Waals surface area (Å²) in [6, 6.07) is 8.68. The maximum atomic E-state index is 12.7. The number of rotatable bonds is 8. The van der Waals surface area contributed by atoms with E-state index in [0.29, 0.717) is 0 Å². The highest BCUT2D eigenvalue weighted by Gasteiger charge is 2.29. The average molecular weight is 347 g/mol. The van der Waals surface area contributed by atoms with Gasteiger partial charge in [-0.15, -0.1) is 0 Å². The van der Waals surface area contributed by atoms with Crippen LogP contribution in [0.1, 0.15) is 45.6 Å². The maximum Gasteiger partial charge on any atom is 0.253 e. The third-order valence-electron chi connectivity index (χ3n) is 5.10. The maximum absolute atomic E-state index is 12.7. The second-order valence-corrected chi connectivity index (χ2v) is 7.47. The monoisotopic (exact) mass is 346 g/mol. The number of methoxy groups -OCH3 is 1. The van der Waals surface area contributed by atoms with E-state index in [1.54, 1.807) is 7.11 Å². The molecule has 1 heterocycles. The van der Waals surface area contributed by atoms with Gasteiger partial charge in [-0.1, -0.05) is 32.9 Å². The predicted molar refractivity (Wildman–Crippen MR) is 104 cm³/mol. The molecule has 0 spiro atoms. The molecule has 1 aliphatic heterocycles. The Morgan fingerprint density at radius 1 is 1.24 bits per heavy atom. The smallest absolute Gasteiger partial charge is 0.253 e. The molecule has 1 aromatic rings. The first-order chi connectivity index (χ1) is 12.0. The molecule has 0 radical (unpaired) electrons. The van der Waals surface area contributed by atoms with Gasteiger partial charge in [0.2, 0.25) is 0 Å². The number of amides is 1. The minimum atomic E-state index is 0.0624. The van der Waals surface area contributed by atoms with E-state index in [-0.39, 0.29) is 18.6 Å². The van der Waals surface area contributed by atoms with Gasteiger partial charge < -0.3 is 14.5 Å². The van der Waals surface area contributed by atoms with Gasteiger partial charge in [-0.05, 0) is 55.8 Å². The molecule has 1 aliphatic rings. The Bertz CT molecular complexity index is 519. The number of aryl methyl sites for hydroxylation is 1. The highest BCUT2D eigenvalue weighted by Crippen LogP contribution is 2.25. The van der Waals surface area contributed by atoms with Gasteiger partial charge in [-0.2, -0.15) is 0 Å². The molecule has 2 rings (SSSR count). The number of nitrogens with zero attached hydrogens (tertiary/aromatic N) is 2. The Labute approximate surface area is 153 Å². The first-order valence-electron chi connectivity index (χ1n) is 9.67. The van der Waals surface area contributed by atoms with Gasteiger partial charge in [0.1, 0.15) is 6.61 Å². The van der Waals surface area contributed by atoms with Crippen molar-refractivity contribution in [3.63, 3.8) is 0 Å². The van der Waals surface area contributed by atoms with Crippen LogP contribution in [0.2, 0.25) is 0 Å². The van der Waals surface area contributed by atoms with Crippen LogP contribution in [0.15, 0.2) is 24.3 Å². The van der Waals surface area contributed by atoms with Gasteiger partial charge in [-0.25, -0.2) is 0 Å². The van der Waals surface area contributed by atoms with Gasteiger partial charge >= 0.3 is 0 Å². The van der Waals surface area contributed by atoms with E-state index in [9.17, 15) is 4.79 Å². The predicted octanol–water partition coefficient (Wildman–Crippen LogP) is 3.74. The molecular formula is C21H34N2O2. The lowest BCUT2D eigenvalue weighted by molar-refractivity contribution is -0.122. The number of anilines is 1. The Morgan fingerprint density at radius 2 is 1.88 bits per heavy atom. The van der Waals surface area contributed by atoms with Crippen molar-refractivity contribution in [1.29, 1.82) is 0 Å². The number of piperidine rings is 1. The lowest BCUT2D eigenvalue weighted by atomic mass is 10.0. The molecule has 1 saturated heterocycles. The van der Waals surface area contributed by atoms with Crippen molar-refractivity contribution in [1.82, 2.24) is 4.90 Å². The zero-order chi connectivity index (χ0) is 18.2. The molecule has 0 atom stereocenters. The van der Waals surface area contributed by atoms with Crippen LogP contribution in [0.5, 0.6) is 0 Å². The molecule has 25 heavy (non-hydrogen) atoms. The van der Waals surface area contributed by atoms with E-state index in [0.717, 1.165) is 44.0 Å². The summed E-state index contributed by atoms with van der Waals surface area (Å²) < 4.78 is 5.13. The molecule has 1 fully saturated rings. The van der Waals surface area contributed by atoms with Crippen LogP contribution in [0.3, 0.4) is 0 Å². The highest BCUT2D eigenvalue weighted by atomic mass is 16.5. The Morgan fingerprint density at radius 3 is 2.40 bits per heavy atom. The molecule has 0 aliphatic carbocycles. The second-order valence-electron chi connectivity index (χ2n) is 7.47. The van der Waals surface area contributed by atoms with Crippen LogP contribution in [-0.2, 0) is 16.0 Å². The molecule has 4 heteroatoms. The number of hydrogen-bond acceptors (Lipinski definition) is 3. The summed E-state index contributed by atoms with van der Waals surface area (Å²) in [5, 5.41) is 0. The molecule has 0 N–H and O–H groups in total. The fourth-order valence-electron chi connectivity index (χ4n) is 3.49. The van der Waals surface area contributed by atoms with Crippen LogP contribution in [0.25, 0.3) is 0 Å². The fraction of sp³-hybridized carbons (Fsp3) is 0.667. The second kappa shape index (κ2) is 9.93. The molecule has 0 bridgehead atoms. The number of carbonyl (C=O) groups is 1. The van der Waals surface area contributed by atoms with E-state index >= 15 is 0 Å². The normalized spacial score (nSPS) is 16.4. The van der Waals surface area contributed by atoms with Crippen LogP contribution < -0.4 is 4.90 Å². The molecule has 0 aromatic heterocycles. The molecule has 0 saturated carbocycles. The number of ether oxygens (including phenoxy) is 1. The van der Waals surface area contributed by atoms with E-state index < -0.39 is 0 Å².